The van der Waals surface area contributed by atoms with Crippen molar-refractivity contribution in [1.29, 1.82) is 0 Å². The molecular formula is C12H25NSi. The highest BCUT2D eigenvalue weighted by molar-refractivity contribution is 6.80. The zero-order valence-corrected chi connectivity index (χ0v) is 11.2. The number of hydrogen-bond donors (Lipinski definition) is 1. The summed E-state index contributed by atoms with van der Waals surface area (Å²) in [6, 6.07) is 0. The van der Waals surface area contributed by atoms with Crippen LogP contribution in [0.4, 0.5) is 0 Å². The predicted octanol–water partition coefficient (Wildman–Crippen LogP) is 3.37. The number of hydrogen-bond acceptors (Lipinski definition) is 1. The molecule has 2 heteroatoms. The summed E-state index contributed by atoms with van der Waals surface area (Å²) in [5, 5.41) is 3.41. The van der Waals surface area contributed by atoms with Crippen molar-refractivity contribution in [3.8, 4) is 0 Å². The molecule has 0 unspecified atom stereocenters. The van der Waals surface area contributed by atoms with Crippen LogP contribution in [0, 0.1) is 0 Å². The Labute approximate surface area is 90.3 Å². The smallest absolute Gasteiger partial charge is 0.0682 e. The molecule has 0 aromatic heterocycles. The molecule has 0 aliphatic heterocycles. The summed E-state index contributed by atoms with van der Waals surface area (Å²) in [4.78, 5) is 0. The minimum atomic E-state index is -0.966. The van der Waals surface area contributed by atoms with Crippen LogP contribution in [0.2, 0.25) is 19.6 Å². The Hall–Kier alpha value is -0.343. The van der Waals surface area contributed by atoms with E-state index in [2.05, 4.69) is 50.2 Å². The Morgan fingerprint density at radius 2 is 1.93 bits per heavy atom. The first-order valence-corrected chi connectivity index (χ1v) is 9.02. The number of nitrogens with one attached hydrogen (secondary N) is 1. The lowest BCUT2D eigenvalue weighted by molar-refractivity contribution is 0.687. The molecule has 1 N–H and O–H groups in total. The van der Waals surface area contributed by atoms with Crippen LogP contribution in [0.3, 0.4) is 0 Å². The van der Waals surface area contributed by atoms with Crippen molar-refractivity contribution in [2.24, 2.45) is 0 Å². The van der Waals surface area contributed by atoms with Gasteiger partial charge in [0, 0.05) is 0 Å². The summed E-state index contributed by atoms with van der Waals surface area (Å²) in [5.74, 6) is 0. The third kappa shape index (κ3) is 11.7. The highest BCUT2D eigenvalue weighted by Crippen LogP contribution is 2.02. The molecule has 0 radical (unpaired) electrons. The van der Waals surface area contributed by atoms with Crippen LogP contribution in [0.25, 0.3) is 0 Å². The summed E-state index contributed by atoms with van der Waals surface area (Å²) in [6.07, 6.45) is 4.57. The zero-order valence-electron chi connectivity index (χ0n) is 10.2. The Bertz CT molecular complexity index is 189. The maximum Gasteiger partial charge on any atom is 0.0682 e. The van der Waals surface area contributed by atoms with Gasteiger partial charge in [-0.2, -0.15) is 0 Å². The van der Waals surface area contributed by atoms with Gasteiger partial charge in [0.1, 0.15) is 0 Å². The van der Waals surface area contributed by atoms with Crippen LogP contribution in [0.15, 0.2) is 23.9 Å². The van der Waals surface area contributed by atoms with Gasteiger partial charge in [0.15, 0.2) is 0 Å². The molecule has 0 aliphatic carbocycles. The van der Waals surface area contributed by atoms with Gasteiger partial charge in [0.05, 0.1) is 8.07 Å². The van der Waals surface area contributed by atoms with E-state index in [0.29, 0.717) is 0 Å². The fourth-order valence-corrected chi connectivity index (χ4v) is 1.92. The molecule has 0 rings (SSSR count). The molecule has 0 saturated carbocycles. The predicted molar refractivity (Wildman–Crippen MR) is 69.4 cm³/mol. The van der Waals surface area contributed by atoms with E-state index < -0.39 is 8.07 Å². The summed E-state index contributed by atoms with van der Waals surface area (Å²) in [7, 11) is -0.966. The molecule has 0 heterocycles. The van der Waals surface area contributed by atoms with E-state index in [4.69, 9.17) is 0 Å². The summed E-state index contributed by atoms with van der Waals surface area (Å²) in [6.45, 7) is 15.2. The van der Waals surface area contributed by atoms with Gasteiger partial charge >= 0.3 is 0 Å². The lowest BCUT2D eigenvalue weighted by atomic mass is 10.2. The monoisotopic (exact) mass is 211 g/mol. The van der Waals surface area contributed by atoms with Gasteiger partial charge in [-0.3, -0.25) is 0 Å². The van der Waals surface area contributed by atoms with Crippen molar-refractivity contribution in [3.63, 3.8) is 0 Å². The minimum Gasteiger partial charge on any atom is -0.316 e. The second-order valence-corrected chi connectivity index (χ2v) is 10.1. The fourth-order valence-electron chi connectivity index (χ4n) is 1.05. The van der Waals surface area contributed by atoms with Crippen molar-refractivity contribution in [3.05, 3.63) is 23.9 Å². The molecule has 0 bridgehead atoms. The first-order valence-electron chi connectivity index (χ1n) is 5.44. The Morgan fingerprint density at radius 1 is 1.29 bits per heavy atom. The van der Waals surface area contributed by atoms with Gasteiger partial charge < -0.3 is 5.32 Å². The van der Waals surface area contributed by atoms with Crippen molar-refractivity contribution >= 4 is 8.07 Å². The van der Waals surface area contributed by atoms with Crippen molar-refractivity contribution in [2.75, 3.05) is 13.1 Å². The highest BCUT2D eigenvalue weighted by Gasteiger charge is 2.05. The van der Waals surface area contributed by atoms with Crippen molar-refractivity contribution in [2.45, 2.75) is 39.4 Å². The average molecular weight is 211 g/mol. The van der Waals surface area contributed by atoms with E-state index in [0.717, 1.165) is 25.9 Å². The quantitative estimate of drug-likeness (QED) is 0.387. The molecule has 14 heavy (non-hydrogen) atoms. The van der Waals surface area contributed by atoms with E-state index in [1.54, 1.807) is 0 Å². The molecule has 1 nitrogen and oxygen atoms in total. The first kappa shape index (κ1) is 13.7. The maximum absolute atomic E-state index is 3.87. The molecule has 0 aromatic carbocycles. The van der Waals surface area contributed by atoms with E-state index >= 15 is 0 Å². The molecule has 82 valence electrons. The molecule has 0 aromatic rings. The van der Waals surface area contributed by atoms with Gasteiger partial charge in [-0.05, 0) is 32.9 Å². The van der Waals surface area contributed by atoms with Gasteiger partial charge in [-0.1, -0.05) is 37.0 Å². The van der Waals surface area contributed by atoms with Gasteiger partial charge in [-0.25, -0.2) is 0 Å². The molecule has 0 spiro atoms. The fraction of sp³-hybridized carbons (Fsp3) is 0.667. The Kier molecular flexibility index (Phi) is 6.84. The molecule has 0 atom stereocenters. The Balaban J connectivity index is 3.30. The van der Waals surface area contributed by atoms with E-state index in [1.165, 1.54) is 5.57 Å². The third-order valence-corrected chi connectivity index (χ3v) is 3.07. The SMILES string of the molecule is C=C(C)CCNCC/C=C\[Si](C)(C)C. The van der Waals surface area contributed by atoms with E-state index in [9.17, 15) is 0 Å². The molecular weight excluding hydrogens is 186 g/mol. The topological polar surface area (TPSA) is 12.0 Å². The van der Waals surface area contributed by atoms with Crippen LogP contribution in [0.5, 0.6) is 0 Å². The largest absolute Gasteiger partial charge is 0.316 e. The second-order valence-electron chi connectivity index (χ2n) is 5.01. The standard InChI is InChI=1S/C12H25NSi/c1-12(2)8-10-13-9-6-7-11-14(3,4)5/h7,11,13H,1,6,8-10H2,2-5H3/b11-7-. The second kappa shape index (κ2) is 7.02. The van der Waals surface area contributed by atoms with E-state index in [-0.39, 0.29) is 0 Å². The van der Waals surface area contributed by atoms with Crippen molar-refractivity contribution < 1.29 is 0 Å². The molecule has 0 fully saturated rings. The molecule has 0 aliphatic rings. The summed E-state index contributed by atoms with van der Waals surface area (Å²) >= 11 is 0. The van der Waals surface area contributed by atoms with Crippen LogP contribution in [-0.4, -0.2) is 21.2 Å². The number of rotatable bonds is 7. The van der Waals surface area contributed by atoms with Gasteiger partial charge in [0.25, 0.3) is 0 Å². The van der Waals surface area contributed by atoms with Crippen LogP contribution >= 0.6 is 0 Å². The minimum absolute atomic E-state index is 0.966. The zero-order chi connectivity index (χ0) is 11.0. The first-order chi connectivity index (χ1) is 6.42. The normalized spacial score (nSPS) is 12.3. The average Bonchev–Trinajstić information content (AvgIpc) is 2.00. The van der Waals surface area contributed by atoms with Crippen LogP contribution in [-0.2, 0) is 0 Å². The maximum atomic E-state index is 3.87. The van der Waals surface area contributed by atoms with E-state index in [1.807, 2.05) is 0 Å². The van der Waals surface area contributed by atoms with Crippen LogP contribution in [0.1, 0.15) is 19.8 Å². The Morgan fingerprint density at radius 3 is 2.43 bits per heavy atom. The summed E-state index contributed by atoms with van der Waals surface area (Å²) < 4.78 is 0. The van der Waals surface area contributed by atoms with Crippen molar-refractivity contribution in [1.82, 2.24) is 5.32 Å². The van der Waals surface area contributed by atoms with Crippen LogP contribution < -0.4 is 5.32 Å². The molecule has 0 saturated heterocycles. The lowest BCUT2D eigenvalue weighted by Crippen LogP contribution is -2.18. The molecule has 0 amide bonds. The lowest BCUT2D eigenvalue weighted by Gasteiger charge is -2.08. The van der Waals surface area contributed by atoms with Gasteiger partial charge in [0.2, 0.25) is 0 Å². The van der Waals surface area contributed by atoms with Gasteiger partial charge in [-0.15, -0.1) is 6.58 Å². The summed E-state index contributed by atoms with van der Waals surface area (Å²) in [5.41, 5.74) is 3.67. The highest BCUT2D eigenvalue weighted by atomic mass is 28.3. The third-order valence-electron chi connectivity index (χ3n) is 1.83.